The van der Waals surface area contributed by atoms with Gasteiger partial charge >= 0.3 is 0 Å². The van der Waals surface area contributed by atoms with E-state index in [9.17, 15) is 5.11 Å². The predicted octanol–water partition coefficient (Wildman–Crippen LogP) is 0.651. The van der Waals surface area contributed by atoms with Crippen molar-refractivity contribution in [2.45, 2.75) is 38.5 Å². The number of rotatable bonds is 3. The van der Waals surface area contributed by atoms with Crippen LogP contribution in [0.4, 0.5) is 0 Å². The van der Waals surface area contributed by atoms with Gasteiger partial charge in [-0.25, -0.2) is 9.50 Å². The molecule has 0 aliphatic heterocycles. The summed E-state index contributed by atoms with van der Waals surface area (Å²) in [7, 11) is 0. The van der Waals surface area contributed by atoms with Crippen LogP contribution >= 0.6 is 0 Å². The number of hydrogen-bond acceptors (Lipinski definition) is 4. The monoisotopic (exact) mass is 232 g/mol. The highest BCUT2D eigenvalue weighted by Crippen LogP contribution is 2.19. The third kappa shape index (κ3) is 2.16. The molecule has 5 heteroatoms. The lowest BCUT2D eigenvalue weighted by molar-refractivity contribution is 0.0619. The number of aliphatic hydroxyl groups excluding tert-OH is 1. The van der Waals surface area contributed by atoms with Crippen molar-refractivity contribution in [1.82, 2.24) is 19.9 Å². The Balaban J connectivity index is 1.68. The molecule has 3 rings (SSSR count). The zero-order valence-electron chi connectivity index (χ0n) is 9.80. The van der Waals surface area contributed by atoms with Crippen LogP contribution in [-0.4, -0.2) is 31.9 Å². The highest BCUT2D eigenvalue weighted by Gasteiger charge is 2.26. The number of nitrogens with one attached hydrogen (secondary N) is 1. The summed E-state index contributed by atoms with van der Waals surface area (Å²) in [5, 5.41) is 16.9. The van der Waals surface area contributed by atoms with Crippen molar-refractivity contribution in [1.29, 1.82) is 0 Å². The lowest BCUT2D eigenvalue weighted by Crippen LogP contribution is -2.43. The van der Waals surface area contributed by atoms with Crippen LogP contribution in [-0.2, 0) is 6.54 Å². The van der Waals surface area contributed by atoms with E-state index in [0.29, 0.717) is 6.04 Å². The normalized spacial score (nSPS) is 23.9. The van der Waals surface area contributed by atoms with Gasteiger partial charge in [0.05, 0.1) is 11.8 Å². The molecule has 0 bridgehead atoms. The van der Waals surface area contributed by atoms with Gasteiger partial charge in [0.15, 0.2) is 5.65 Å². The molecule has 2 heterocycles. The van der Waals surface area contributed by atoms with E-state index in [1.165, 1.54) is 0 Å². The summed E-state index contributed by atoms with van der Waals surface area (Å²) in [4.78, 5) is 4.35. The number of aromatic nitrogens is 3. The van der Waals surface area contributed by atoms with Crippen LogP contribution in [0.25, 0.3) is 5.65 Å². The van der Waals surface area contributed by atoms with E-state index < -0.39 is 0 Å². The van der Waals surface area contributed by atoms with Gasteiger partial charge in [0.1, 0.15) is 0 Å². The summed E-state index contributed by atoms with van der Waals surface area (Å²) < 4.78 is 1.81. The van der Waals surface area contributed by atoms with Gasteiger partial charge in [0.25, 0.3) is 0 Å². The van der Waals surface area contributed by atoms with E-state index in [2.05, 4.69) is 15.4 Å². The highest BCUT2D eigenvalue weighted by molar-refractivity contribution is 5.38. The predicted molar refractivity (Wildman–Crippen MR) is 63.6 cm³/mol. The van der Waals surface area contributed by atoms with E-state index in [-0.39, 0.29) is 6.10 Å². The average molecular weight is 232 g/mol. The first-order valence-corrected chi connectivity index (χ1v) is 5.93. The minimum Gasteiger partial charge on any atom is -0.393 e. The first-order valence-electron chi connectivity index (χ1n) is 5.93. The maximum Gasteiger partial charge on any atom is 0.155 e. The van der Waals surface area contributed by atoms with Crippen LogP contribution in [0, 0.1) is 6.92 Å². The quantitative estimate of drug-likeness (QED) is 0.815. The van der Waals surface area contributed by atoms with Crippen molar-refractivity contribution in [2.24, 2.45) is 0 Å². The molecule has 2 aromatic heterocycles. The van der Waals surface area contributed by atoms with E-state index in [1.54, 1.807) is 0 Å². The minimum absolute atomic E-state index is 0.109. The first kappa shape index (κ1) is 10.7. The summed E-state index contributed by atoms with van der Waals surface area (Å²) in [6, 6.07) is 2.40. The average Bonchev–Trinajstić information content (AvgIpc) is 2.62. The van der Waals surface area contributed by atoms with Crippen LogP contribution < -0.4 is 5.32 Å². The molecule has 0 spiro atoms. The molecule has 1 aliphatic carbocycles. The molecule has 0 atom stereocenters. The summed E-state index contributed by atoms with van der Waals surface area (Å²) in [6.45, 7) is 2.74. The maximum absolute atomic E-state index is 9.19. The Labute approximate surface area is 99.5 Å². The molecule has 1 fully saturated rings. The van der Waals surface area contributed by atoms with Crippen LogP contribution in [0.3, 0.4) is 0 Å². The fourth-order valence-electron chi connectivity index (χ4n) is 2.14. The molecular weight excluding hydrogens is 216 g/mol. The number of aryl methyl sites for hydroxylation is 1. The topological polar surface area (TPSA) is 62.5 Å². The number of nitrogens with zero attached hydrogens (tertiary/aromatic N) is 3. The second kappa shape index (κ2) is 4.09. The minimum atomic E-state index is -0.109. The smallest absolute Gasteiger partial charge is 0.155 e. The molecule has 90 valence electrons. The molecule has 17 heavy (non-hydrogen) atoms. The number of fused-ring (bicyclic) bond motifs is 1. The van der Waals surface area contributed by atoms with Gasteiger partial charge in [-0.2, -0.15) is 5.10 Å². The summed E-state index contributed by atoms with van der Waals surface area (Å²) in [5.41, 5.74) is 2.97. The number of aliphatic hydroxyl groups is 1. The Morgan fingerprint density at radius 3 is 3.12 bits per heavy atom. The van der Waals surface area contributed by atoms with Crippen molar-refractivity contribution in [3.8, 4) is 0 Å². The summed E-state index contributed by atoms with van der Waals surface area (Å²) in [6.07, 6.45) is 5.48. The van der Waals surface area contributed by atoms with Crippen molar-refractivity contribution < 1.29 is 5.11 Å². The van der Waals surface area contributed by atoms with Crippen molar-refractivity contribution in [3.63, 3.8) is 0 Å². The molecule has 0 aromatic carbocycles. The fraction of sp³-hybridized carbons (Fsp3) is 0.500. The molecule has 1 aliphatic rings. The summed E-state index contributed by atoms with van der Waals surface area (Å²) >= 11 is 0. The lowest BCUT2D eigenvalue weighted by Gasteiger charge is -2.32. The third-order valence-corrected chi connectivity index (χ3v) is 3.20. The summed E-state index contributed by atoms with van der Waals surface area (Å²) in [5.74, 6) is 0. The SMILES string of the molecule is Cc1cc2ncc(CNC3CC(O)C3)cn2n1. The molecule has 2 aromatic rings. The standard InChI is InChI=1S/C12H16N4O/c1-8-2-12-14-6-9(7-16(12)15-8)5-13-10-3-11(17)4-10/h2,6-7,10-11,13,17H,3-5H2,1H3. The molecule has 5 nitrogen and oxygen atoms in total. The van der Waals surface area contributed by atoms with Gasteiger partial charge in [-0.05, 0) is 19.8 Å². The van der Waals surface area contributed by atoms with E-state index >= 15 is 0 Å². The second-order valence-electron chi connectivity index (χ2n) is 4.75. The zero-order chi connectivity index (χ0) is 11.8. The Morgan fingerprint density at radius 2 is 2.35 bits per heavy atom. The molecule has 0 unspecified atom stereocenters. The van der Waals surface area contributed by atoms with E-state index in [0.717, 1.165) is 36.3 Å². The molecule has 0 radical (unpaired) electrons. The Bertz CT molecular complexity index is 530. The van der Waals surface area contributed by atoms with Crippen LogP contribution in [0.1, 0.15) is 24.1 Å². The Hall–Kier alpha value is -1.46. The molecule has 2 N–H and O–H groups in total. The van der Waals surface area contributed by atoms with Crippen LogP contribution in [0.15, 0.2) is 18.5 Å². The van der Waals surface area contributed by atoms with Gasteiger partial charge in [0.2, 0.25) is 0 Å². The van der Waals surface area contributed by atoms with Crippen LogP contribution in [0.5, 0.6) is 0 Å². The van der Waals surface area contributed by atoms with Crippen LogP contribution in [0.2, 0.25) is 0 Å². The van der Waals surface area contributed by atoms with Crippen molar-refractivity contribution >= 4 is 5.65 Å². The molecule has 0 saturated heterocycles. The van der Waals surface area contributed by atoms with E-state index in [4.69, 9.17) is 0 Å². The molecule has 1 saturated carbocycles. The third-order valence-electron chi connectivity index (χ3n) is 3.20. The second-order valence-corrected chi connectivity index (χ2v) is 4.75. The lowest BCUT2D eigenvalue weighted by atomic mass is 9.89. The fourth-order valence-corrected chi connectivity index (χ4v) is 2.14. The molecule has 0 amide bonds. The van der Waals surface area contributed by atoms with E-state index in [1.807, 2.05) is 29.9 Å². The number of hydrogen-bond donors (Lipinski definition) is 2. The van der Waals surface area contributed by atoms with Gasteiger partial charge in [0, 0.05) is 36.6 Å². The van der Waals surface area contributed by atoms with Gasteiger partial charge in [-0.15, -0.1) is 0 Å². The van der Waals surface area contributed by atoms with Gasteiger partial charge < -0.3 is 10.4 Å². The Kier molecular flexibility index (Phi) is 2.57. The first-order chi connectivity index (χ1) is 8.20. The largest absolute Gasteiger partial charge is 0.393 e. The van der Waals surface area contributed by atoms with Crippen molar-refractivity contribution in [3.05, 3.63) is 29.7 Å². The molecular formula is C12H16N4O. The van der Waals surface area contributed by atoms with Crippen molar-refractivity contribution in [2.75, 3.05) is 0 Å². The van der Waals surface area contributed by atoms with Gasteiger partial charge in [-0.1, -0.05) is 0 Å². The Morgan fingerprint density at radius 1 is 1.53 bits per heavy atom. The zero-order valence-corrected chi connectivity index (χ0v) is 9.80. The van der Waals surface area contributed by atoms with Gasteiger partial charge in [-0.3, -0.25) is 0 Å². The maximum atomic E-state index is 9.19. The highest BCUT2D eigenvalue weighted by atomic mass is 16.3.